The van der Waals surface area contributed by atoms with Gasteiger partial charge in [-0.15, -0.1) is 0 Å². The summed E-state index contributed by atoms with van der Waals surface area (Å²) in [4.78, 5) is 0. The van der Waals surface area contributed by atoms with Crippen molar-refractivity contribution in [2.24, 2.45) is 0 Å². The molecule has 0 fully saturated rings. The molecule has 0 saturated carbocycles. The minimum absolute atomic E-state index is 0.0188. The van der Waals surface area contributed by atoms with Crippen LogP contribution in [0.3, 0.4) is 0 Å². The summed E-state index contributed by atoms with van der Waals surface area (Å²) in [5, 5.41) is 6.25. The van der Waals surface area contributed by atoms with E-state index in [2.05, 4.69) is 83.4 Å². The van der Waals surface area contributed by atoms with Gasteiger partial charge in [-0.05, 0) is 58.7 Å². The zero-order valence-corrected chi connectivity index (χ0v) is 24.0. The van der Waals surface area contributed by atoms with Crippen molar-refractivity contribution in [2.75, 3.05) is 40.4 Å². The second-order valence-electron chi connectivity index (χ2n) is 10.1. The van der Waals surface area contributed by atoms with E-state index in [0.717, 1.165) is 24.3 Å². The third kappa shape index (κ3) is 7.28. The van der Waals surface area contributed by atoms with E-state index in [4.69, 9.17) is 18.8 Å². The summed E-state index contributed by atoms with van der Waals surface area (Å²) < 4.78 is 24.1. The van der Waals surface area contributed by atoms with Crippen molar-refractivity contribution in [3.63, 3.8) is 0 Å². The smallest absolute Gasteiger partial charge is 0.365 e. The quantitative estimate of drug-likeness (QED) is 0.260. The predicted molar refractivity (Wildman–Crippen MR) is 168 cm³/mol. The fourth-order valence-electron chi connectivity index (χ4n) is 5.27. The minimum Gasteiger partial charge on any atom is -0.489 e. The number of likely N-dealkylation sites (N-methyl/N-ethyl adjacent to an activating group) is 2. The van der Waals surface area contributed by atoms with Gasteiger partial charge in [-0.1, -0.05) is 91.0 Å². The average molecular weight is 548 g/mol. The van der Waals surface area contributed by atoms with Gasteiger partial charge in [-0.3, -0.25) is 0 Å². The molecule has 0 radical (unpaired) electrons. The van der Waals surface area contributed by atoms with Crippen molar-refractivity contribution in [3.05, 3.63) is 114 Å². The topological polar surface area (TPSA) is 61.0 Å². The Labute approximate surface area is 244 Å². The fraction of sp³-hybridized carbons (Fsp3) is 0.273. The number of nitrogens with one attached hydrogen (secondary N) is 2. The molecule has 0 spiro atoms. The highest BCUT2D eigenvalue weighted by atomic mass is 16.5. The first-order valence-corrected chi connectivity index (χ1v) is 14.4. The van der Waals surface area contributed by atoms with E-state index in [0.29, 0.717) is 33.0 Å². The van der Waals surface area contributed by atoms with Crippen LogP contribution in [0.1, 0.15) is 16.7 Å². The van der Waals surface area contributed by atoms with Crippen LogP contribution in [0.25, 0.3) is 0 Å². The minimum atomic E-state index is -0.0572. The molecule has 0 aromatic heterocycles. The number of rotatable bonds is 8. The molecule has 41 heavy (non-hydrogen) atoms. The van der Waals surface area contributed by atoms with Crippen molar-refractivity contribution in [3.8, 4) is 5.75 Å². The standard InChI is InChI=1S/C17H20BNO2.C16H18BNO2/c1-19-10-11-21-18-16-8-4-2-6-14(16)12-20-13-15-7-3-5-9-17(15)18;1-18-10-11-20-17-14-7-3-2-6-13(14)12-19-16-9-5-4-8-15(16)17/h2-9,19H,10-13H2,1H3;2-9,18H,10-12H2,1H3. The van der Waals surface area contributed by atoms with Crippen molar-refractivity contribution in [1.82, 2.24) is 10.6 Å². The maximum Gasteiger partial charge on any atom is 0.365 e. The van der Waals surface area contributed by atoms with Crippen LogP contribution in [-0.2, 0) is 33.9 Å². The number of hydrogen-bond acceptors (Lipinski definition) is 6. The highest BCUT2D eigenvalue weighted by Crippen LogP contribution is 2.16. The van der Waals surface area contributed by atoms with Crippen LogP contribution in [0.15, 0.2) is 97.1 Å². The van der Waals surface area contributed by atoms with Crippen molar-refractivity contribution >= 4 is 35.7 Å². The maximum absolute atomic E-state index is 6.19. The highest BCUT2D eigenvalue weighted by molar-refractivity contribution is 6.81. The molecule has 0 amide bonds. The molecule has 2 aliphatic rings. The molecule has 2 aliphatic heterocycles. The number of fused-ring (bicyclic) bond motifs is 4. The number of ether oxygens (including phenoxy) is 2. The zero-order chi connectivity index (χ0) is 28.3. The summed E-state index contributed by atoms with van der Waals surface area (Å²) >= 11 is 0. The fourth-order valence-corrected chi connectivity index (χ4v) is 5.27. The summed E-state index contributed by atoms with van der Waals surface area (Å²) in [5.74, 6) is 0.915. The molecule has 2 N–H and O–H groups in total. The van der Waals surface area contributed by atoms with Gasteiger partial charge >= 0.3 is 13.8 Å². The molecule has 6 rings (SSSR count). The van der Waals surface area contributed by atoms with Gasteiger partial charge in [0.1, 0.15) is 12.4 Å². The Morgan fingerprint density at radius 2 is 0.976 bits per heavy atom. The molecule has 4 aromatic rings. The van der Waals surface area contributed by atoms with E-state index < -0.39 is 0 Å². The molecule has 0 bridgehead atoms. The lowest BCUT2D eigenvalue weighted by Gasteiger charge is -2.23. The summed E-state index contributed by atoms with van der Waals surface area (Å²) in [6, 6.07) is 33.2. The normalized spacial score (nSPS) is 13.6. The molecule has 0 atom stereocenters. The van der Waals surface area contributed by atoms with Crippen LogP contribution in [0.4, 0.5) is 0 Å². The highest BCUT2D eigenvalue weighted by Gasteiger charge is 2.30. The molecule has 0 unspecified atom stereocenters. The average Bonchev–Trinajstić information content (AvgIpc) is 3.17. The Hall–Kier alpha value is -3.39. The summed E-state index contributed by atoms with van der Waals surface area (Å²) in [6.45, 7) is 4.83. The molecular formula is C33H38B2N2O4. The van der Waals surface area contributed by atoms with Gasteiger partial charge < -0.3 is 29.4 Å². The predicted octanol–water partition coefficient (Wildman–Crippen LogP) is 1.98. The first kappa shape index (κ1) is 29.1. The van der Waals surface area contributed by atoms with Gasteiger partial charge in [0.15, 0.2) is 0 Å². The third-order valence-corrected chi connectivity index (χ3v) is 7.39. The summed E-state index contributed by atoms with van der Waals surface area (Å²) in [7, 11) is 3.87. The van der Waals surface area contributed by atoms with Gasteiger partial charge in [0, 0.05) is 26.3 Å². The summed E-state index contributed by atoms with van der Waals surface area (Å²) in [6.07, 6.45) is 0. The Kier molecular flexibility index (Phi) is 10.7. The van der Waals surface area contributed by atoms with Crippen LogP contribution in [-0.4, -0.2) is 54.2 Å². The SMILES string of the molecule is CNCCOB1c2ccccc2COCc2ccccc21.CNCCOB1c2ccccc2COc2ccccc21. The van der Waals surface area contributed by atoms with Crippen LogP contribution in [0.5, 0.6) is 5.75 Å². The third-order valence-electron chi connectivity index (χ3n) is 7.39. The molecular weight excluding hydrogens is 510 g/mol. The van der Waals surface area contributed by atoms with Gasteiger partial charge in [-0.25, -0.2) is 0 Å². The Morgan fingerprint density at radius 1 is 0.561 bits per heavy atom. The van der Waals surface area contributed by atoms with Gasteiger partial charge in [0.05, 0.1) is 13.2 Å². The second kappa shape index (κ2) is 15.0. The summed E-state index contributed by atoms with van der Waals surface area (Å²) in [5.41, 5.74) is 8.34. The first-order valence-electron chi connectivity index (χ1n) is 14.4. The van der Waals surface area contributed by atoms with Gasteiger partial charge in [-0.2, -0.15) is 0 Å². The molecule has 2 heterocycles. The Balaban J connectivity index is 0.000000165. The molecule has 6 nitrogen and oxygen atoms in total. The lowest BCUT2D eigenvalue weighted by molar-refractivity contribution is 0.107. The number of hydrogen-bond donors (Lipinski definition) is 2. The maximum atomic E-state index is 6.19. The number of benzene rings is 4. The Bertz CT molecular complexity index is 1310. The van der Waals surface area contributed by atoms with E-state index in [9.17, 15) is 0 Å². The van der Waals surface area contributed by atoms with Crippen molar-refractivity contribution in [2.45, 2.75) is 19.8 Å². The van der Waals surface area contributed by atoms with Crippen molar-refractivity contribution < 1.29 is 18.8 Å². The van der Waals surface area contributed by atoms with Gasteiger partial charge in [0.2, 0.25) is 0 Å². The second-order valence-corrected chi connectivity index (χ2v) is 10.1. The van der Waals surface area contributed by atoms with E-state index in [1.165, 1.54) is 33.1 Å². The Morgan fingerprint density at radius 3 is 1.49 bits per heavy atom. The van der Waals surface area contributed by atoms with Crippen LogP contribution < -0.4 is 37.2 Å². The van der Waals surface area contributed by atoms with Crippen LogP contribution in [0.2, 0.25) is 0 Å². The largest absolute Gasteiger partial charge is 0.489 e. The molecule has 0 saturated heterocycles. The monoisotopic (exact) mass is 548 g/mol. The molecule has 8 heteroatoms. The van der Waals surface area contributed by atoms with Crippen LogP contribution >= 0.6 is 0 Å². The molecule has 0 aliphatic carbocycles. The van der Waals surface area contributed by atoms with Crippen LogP contribution in [0, 0.1) is 0 Å². The van der Waals surface area contributed by atoms with Crippen molar-refractivity contribution in [1.29, 1.82) is 0 Å². The first-order chi connectivity index (χ1) is 20.3. The lowest BCUT2D eigenvalue weighted by Crippen LogP contribution is -2.49. The van der Waals surface area contributed by atoms with E-state index in [1.807, 2.05) is 38.4 Å². The zero-order valence-electron chi connectivity index (χ0n) is 24.0. The lowest BCUT2D eigenvalue weighted by atomic mass is 9.52. The number of para-hydroxylation sites is 1. The van der Waals surface area contributed by atoms with E-state index in [-0.39, 0.29) is 13.8 Å². The van der Waals surface area contributed by atoms with Gasteiger partial charge in [0.25, 0.3) is 0 Å². The molecule has 4 aromatic carbocycles. The van der Waals surface area contributed by atoms with E-state index >= 15 is 0 Å². The molecule has 210 valence electrons. The van der Waals surface area contributed by atoms with E-state index in [1.54, 1.807) is 0 Å².